The first-order valence-corrected chi connectivity index (χ1v) is 4.70. The minimum atomic E-state index is -0.452. The average Bonchev–Trinajstić information content (AvgIpc) is 2.30. The van der Waals surface area contributed by atoms with Gasteiger partial charge >= 0.3 is 0 Å². The zero-order chi connectivity index (χ0) is 11.5. The third kappa shape index (κ3) is 1.88. The number of nitrogens with zero attached hydrogens (tertiary/aromatic N) is 3. The van der Waals surface area contributed by atoms with Gasteiger partial charge in [0.25, 0.3) is 5.69 Å². The molecular formula is C11H9N3O2. The maximum atomic E-state index is 10.6. The summed E-state index contributed by atoms with van der Waals surface area (Å²) in [5, 5.41) is 10.6. The highest BCUT2D eigenvalue weighted by Gasteiger charge is 2.11. The SMILES string of the molecule is Cc1ncc([N+](=O)[O-])cc1-c1cccnc1. The van der Waals surface area contributed by atoms with Gasteiger partial charge in [0.2, 0.25) is 0 Å². The van der Waals surface area contributed by atoms with Gasteiger partial charge in [0.15, 0.2) is 0 Å². The van der Waals surface area contributed by atoms with E-state index in [1.54, 1.807) is 18.5 Å². The van der Waals surface area contributed by atoms with Crippen LogP contribution in [0.1, 0.15) is 5.69 Å². The van der Waals surface area contributed by atoms with Crippen LogP contribution in [-0.2, 0) is 0 Å². The molecule has 0 aromatic carbocycles. The standard InChI is InChI=1S/C11H9N3O2/c1-8-11(9-3-2-4-12-6-9)5-10(7-13-8)14(15)16/h2-7H,1H3. The normalized spacial score (nSPS) is 10.1. The molecule has 5 nitrogen and oxygen atoms in total. The van der Waals surface area contributed by atoms with Gasteiger partial charge in [0, 0.05) is 35.3 Å². The summed E-state index contributed by atoms with van der Waals surface area (Å²) < 4.78 is 0. The lowest BCUT2D eigenvalue weighted by Crippen LogP contribution is -1.93. The molecule has 5 heteroatoms. The van der Waals surface area contributed by atoms with Crippen LogP contribution in [0.25, 0.3) is 11.1 Å². The number of nitro groups is 1. The fourth-order valence-electron chi connectivity index (χ4n) is 1.44. The van der Waals surface area contributed by atoms with E-state index in [1.807, 2.05) is 13.0 Å². The van der Waals surface area contributed by atoms with E-state index in [0.717, 1.165) is 16.8 Å². The molecule has 2 heterocycles. The maximum absolute atomic E-state index is 10.6. The summed E-state index contributed by atoms with van der Waals surface area (Å²) in [6.45, 7) is 1.81. The molecule has 0 unspecified atom stereocenters. The van der Waals surface area contributed by atoms with Crippen LogP contribution in [0.15, 0.2) is 36.8 Å². The van der Waals surface area contributed by atoms with E-state index in [1.165, 1.54) is 12.3 Å². The molecule has 0 aliphatic rings. The van der Waals surface area contributed by atoms with Crippen LogP contribution in [0.3, 0.4) is 0 Å². The van der Waals surface area contributed by atoms with Crippen molar-refractivity contribution in [1.29, 1.82) is 0 Å². The van der Waals surface area contributed by atoms with E-state index in [-0.39, 0.29) is 5.69 Å². The Hall–Kier alpha value is -2.30. The molecule has 0 amide bonds. The van der Waals surface area contributed by atoms with Crippen molar-refractivity contribution >= 4 is 5.69 Å². The molecule has 2 aromatic rings. The number of hydrogen-bond acceptors (Lipinski definition) is 4. The predicted molar refractivity (Wildman–Crippen MR) is 58.9 cm³/mol. The largest absolute Gasteiger partial charge is 0.288 e. The lowest BCUT2D eigenvalue weighted by atomic mass is 10.1. The third-order valence-corrected chi connectivity index (χ3v) is 2.26. The quantitative estimate of drug-likeness (QED) is 0.569. The van der Waals surface area contributed by atoms with E-state index < -0.39 is 4.92 Å². The molecule has 2 rings (SSSR count). The molecular weight excluding hydrogens is 206 g/mol. The monoisotopic (exact) mass is 215 g/mol. The number of pyridine rings is 2. The second-order valence-corrected chi connectivity index (χ2v) is 3.33. The van der Waals surface area contributed by atoms with Crippen molar-refractivity contribution in [2.75, 3.05) is 0 Å². The molecule has 0 aliphatic heterocycles. The van der Waals surface area contributed by atoms with Crippen molar-refractivity contribution in [3.63, 3.8) is 0 Å². The molecule has 0 saturated carbocycles. The van der Waals surface area contributed by atoms with E-state index in [9.17, 15) is 10.1 Å². The van der Waals surface area contributed by atoms with E-state index in [4.69, 9.17) is 0 Å². The predicted octanol–water partition coefficient (Wildman–Crippen LogP) is 2.36. The van der Waals surface area contributed by atoms with E-state index in [0.29, 0.717) is 0 Å². The average molecular weight is 215 g/mol. The summed E-state index contributed by atoms with van der Waals surface area (Å²) in [5.41, 5.74) is 2.31. The number of aryl methyl sites for hydroxylation is 1. The summed E-state index contributed by atoms with van der Waals surface area (Å²) in [7, 11) is 0. The number of hydrogen-bond donors (Lipinski definition) is 0. The van der Waals surface area contributed by atoms with Gasteiger partial charge in [-0.1, -0.05) is 6.07 Å². The molecule has 0 bridgehead atoms. The highest BCUT2D eigenvalue weighted by molar-refractivity contribution is 5.66. The summed E-state index contributed by atoms with van der Waals surface area (Å²) in [6, 6.07) is 5.15. The Kier molecular flexibility index (Phi) is 2.59. The van der Waals surface area contributed by atoms with Crippen molar-refractivity contribution in [2.45, 2.75) is 6.92 Å². The highest BCUT2D eigenvalue weighted by atomic mass is 16.6. The first-order valence-electron chi connectivity index (χ1n) is 4.70. The fourth-order valence-corrected chi connectivity index (χ4v) is 1.44. The molecule has 80 valence electrons. The molecule has 0 aliphatic carbocycles. The topological polar surface area (TPSA) is 68.9 Å². The maximum Gasteiger partial charge on any atom is 0.288 e. The lowest BCUT2D eigenvalue weighted by molar-refractivity contribution is -0.385. The van der Waals surface area contributed by atoms with Crippen molar-refractivity contribution in [3.8, 4) is 11.1 Å². The van der Waals surface area contributed by atoms with Gasteiger partial charge in [0.05, 0.1) is 4.92 Å². The molecule has 2 aromatic heterocycles. The molecule has 0 spiro atoms. The zero-order valence-corrected chi connectivity index (χ0v) is 8.62. The summed E-state index contributed by atoms with van der Waals surface area (Å²) >= 11 is 0. The third-order valence-electron chi connectivity index (χ3n) is 2.26. The van der Waals surface area contributed by atoms with Crippen molar-refractivity contribution in [3.05, 3.63) is 52.6 Å². The minimum Gasteiger partial charge on any atom is -0.264 e. The fraction of sp³-hybridized carbons (Fsp3) is 0.0909. The second-order valence-electron chi connectivity index (χ2n) is 3.33. The van der Waals surface area contributed by atoms with Gasteiger partial charge < -0.3 is 0 Å². The van der Waals surface area contributed by atoms with Crippen molar-refractivity contribution < 1.29 is 4.92 Å². The van der Waals surface area contributed by atoms with Gasteiger partial charge in [-0.05, 0) is 13.0 Å². The lowest BCUT2D eigenvalue weighted by Gasteiger charge is -2.03. The Morgan fingerprint density at radius 2 is 2.19 bits per heavy atom. The summed E-state index contributed by atoms with van der Waals surface area (Å²) in [6.07, 6.45) is 4.58. The van der Waals surface area contributed by atoms with Gasteiger partial charge in [0.1, 0.15) is 6.20 Å². The van der Waals surface area contributed by atoms with Crippen LogP contribution < -0.4 is 0 Å². The van der Waals surface area contributed by atoms with Gasteiger partial charge in [-0.15, -0.1) is 0 Å². The number of rotatable bonds is 2. The first-order chi connectivity index (χ1) is 7.68. The van der Waals surface area contributed by atoms with Crippen molar-refractivity contribution in [2.24, 2.45) is 0 Å². The molecule has 16 heavy (non-hydrogen) atoms. The van der Waals surface area contributed by atoms with Crippen LogP contribution in [0.5, 0.6) is 0 Å². The molecule has 0 fully saturated rings. The molecule has 0 atom stereocenters. The Bertz CT molecular complexity index is 526. The smallest absolute Gasteiger partial charge is 0.264 e. The van der Waals surface area contributed by atoms with Gasteiger partial charge in [-0.2, -0.15) is 0 Å². The first kappa shape index (κ1) is 10.2. The Balaban J connectivity index is 2.56. The van der Waals surface area contributed by atoms with Gasteiger partial charge in [-0.25, -0.2) is 0 Å². The minimum absolute atomic E-state index is 0.00977. The molecule has 0 saturated heterocycles. The Morgan fingerprint density at radius 3 is 2.81 bits per heavy atom. The van der Waals surface area contributed by atoms with E-state index in [2.05, 4.69) is 9.97 Å². The summed E-state index contributed by atoms with van der Waals surface area (Å²) in [5.74, 6) is 0. The second kappa shape index (κ2) is 4.06. The van der Waals surface area contributed by atoms with Crippen LogP contribution in [0.4, 0.5) is 5.69 Å². The van der Waals surface area contributed by atoms with Crippen LogP contribution >= 0.6 is 0 Å². The van der Waals surface area contributed by atoms with Crippen LogP contribution in [0.2, 0.25) is 0 Å². The van der Waals surface area contributed by atoms with Crippen molar-refractivity contribution in [1.82, 2.24) is 9.97 Å². The molecule has 0 N–H and O–H groups in total. The highest BCUT2D eigenvalue weighted by Crippen LogP contribution is 2.24. The van der Waals surface area contributed by atoms with Crippen LogP contribution in [-0.4, -0.2) is 14.9 Å². The zero-order valence-electron chi connectivity index (χ0n) is 8.62. The Morgan fingerprint density at radius 1 is 1.38 bits per heavy atom. The summed E-state index contributed by atoms with van der Waals surface area (Å²) in [4.78, 5) is 18.2. The molecule has 0 radical (unpaired) electrons. The van der Waals surface area contributed by atoms with E-state index >= 15 is 0 Å². The Labute approximate surface area is 91.9 Å². The van der Waals surface area contributed by atoms with Gasteiger partial charge in [-0.3, -0.25) is 20.1 Å². The number of aromatic nitrogens is 2. The van der Waals surface area contributed by atoms with Crippen LogP contribution in [0, 0.1) is 17.0 Å².